The Bertz CT molecular complexity index is 2690. The second-order valence-corrected chi connectivity index (χ2v) is 16.0. The van der Waals surface area contributed by atoms with Crippen LogP contribution in [-0.4, -0.2) is 104 Å². The smallest absolute Gasteiger partial charge is 0.335 e. The van der Waals surface area contributed by atoms with Crippen molar-refractivity contribution in [1.29, 1.82) is 0 Å². The summed E-state index contributed by atoms with van der Waals surface area (Å²) in [4.78, 5) is 29.5. The number of hydrogen-bond acceptors (Lipinski definition) is 16. The molecule has 0 radical (unpaired) electrons. The van der Waals surface area contributed by atoms with Crippen molar-refractivity contribution >= 4 is 84.2 Å². The van der Waals surface area contributed by atoms with E-state index < -0.39 is 23.1 Å². The van der Waals surface area contributed by atoms with Crippen molar-refractivity contribution in [2.24, 2.45) is 10.3 Å². The van der Waals surface area contributed by atoms with E-state index in [0.29, 0.717) is 29.5 Å². The molecule has 7 aromatic rings. The zero-order valence-electron chi connectivity index (χ0n) is 35.3. The van der Waals surface area contributed by atoms with Crippen LogP contribution in [-0.2, 0) is 45.7 Å². The summed E-state index contributed by atoms with van der Waals surface area (Å²) in [6.07, 6.45) is 13.1. The highest BCUT2D eigenvalue weighted by molar-refractivity contribution is 9.18. The highest BCUT2D eigenvalue weighted by Gasteiger charge is 2.17. The molecule has 0 unspecified atom stereocenters. The molecule has 16 nitrogen and oxygen atoms in total. The summed E-state index contributed by atoms with van der Waals surface area (Å²) in [5, 5.41) is 17.7. The molecule has 0 saturated heterocycles. The first kappa shape index (κ1) is 50.2. The van der Waals surface area contributed by atoms with Crippen LogP contribution in [0.15, 0.2) is 102 Å². The maximum absolute atomic E-state index is 8.29. The van der Waals surface area contributed by atoms with Crippen LogP contribution in [0.2, 0.25) is 0 Å². The Hall–Kier alpha value is -5.48. The molecule has 0 saturated carbocycles. The molecule has 63 heavy (non-hydrogen) atoms. The van der Waals surface area contributed by atoms with Crippen LogP contribution < -0.4 is 0 Å². The van der Waals surface area contributed by atoms with Gasteiger partial charge in [0, 0.05) is 53.0 Å². The van der Waals surface area contributed by atoms with Gasteiger partial charge in [0.15, 0.2) is 15.9 Å². The number of fused-ring (bicyclic) bond motifs is 2. The summed E-state index contributed by atoms with van der Waals surface area (Å²) >= 11 is 5.41. The first-order valence-electron chi connectivity index (χ1n) is 19.2. The van der Waals surface area contributed by atoms with Crippen LogP contribution in [0.5, 0.6) is 0 Å². The van der Waals surface area contributed by atoms with Gasteiger partial charge in [-0.05, 0) is 114 Å². The third-order valence-electron chi connectivity index (χ3n) is 8.72. The third-order valence-corrected chi connectivity index (χ3v) is 10.5. The van der Waals surface area contributed by atoms with Crippen molar-refractivity contribution in [2.75, 3.05) is 37.2 Å². The summed E-state index contributed by atoms with van der Waals surface area (Å²) in [6, 6.07) is 22.3. The van der Waals surface area contributed by atoms with Crippen molar-refractivity contribution in [2.45, 2.75) is 40.5 Å². The monoisotopic (exact) mass is 992 g/mol. The van der Waals surface area contributed by atoms with Gasteiger partial charge >= 0.3 is 23.1 Å². The van der Waals surface area contributed by atoms with Gasteiger partial charge in [0.25, 0.3) is 0 Å². The number of aromatic nitrogens is 8. The predicted molar refractivity (Wildman–Crippen MR) is 255 cm³/mol. The quantitative estimate of drug-likeness (QED) is 0.0554. The molecule has 0 spiro atoms. The molecule has 0 amide bonds. The minimum Gasteiger partial charge on any atom is -0.394 e. The number of nitrogens with zero attached hydrogens (tertiary/aromatic N) is 10. The average molecular weight is 994 g/mol. The van der Waals surface area contributed by atoms with Gasteiger partial charge in [0.05, 0.1) is 0 Å². The maximum Gasteiger partial charge on any atom is 0.335 e. The summed E-state index contributed by atoms with van der Waals surface area (Å²) in [5.41, 5.74) is 11.2. The molecule has 0 fully saturated rings. The topological polar surface area (TPSA) is 198 Å². The van der Waals surface area contributed by atoms with Gasteiger partial charge in [0.1, 0.15) is 30.3 Å². The Kier molecular flexibility index (Phi) is 21.4. The van der Waals surface area contributed by atoms with Gasteiger partial charge < -0.3 is 9.68 Å². The van der Waals surface area contributed by atoms with Crippen LogP contribution in [0.25, 0.3) is 34.3 Å². The van der Waals surface area contributed by atoms with Crippen molar-refractivity contribution in [3.63, 3.8) is 0 Å². The fourth-order valence-electron chi connectivity index (χ4n) is 5.75. The number of benzene rings is 1. The second kappa shape index (κ2) is 26.9. The van der Waals surface area contributed by atoms with E-state index in [1.807, 2.05) is 99.4 Å². The number of aryl methyl sites for hydroxylation is 4. The number of thioether (sulfide) groups is 2. The lowest BCUT2D eigenvalue weighted by Crippen LogP contribution is -2.08. The van der Waals surface area contributed by atoms with Gasteiger partial charge in [-0.25, -0.2) is 19.0 Å². The minimum absolute atomic E-state index is 0.564. The average Bonchev–Trinajstić information content (AvgIpc) is 3.92. The minimum atomic E-state index is -0.750. The molecule has 330 valence electrons. The Morgan fingerprint density at radius 3 is 1.59 bits per heavy atom. The molecule has 0 aliphatic rings. The lowest BCUT2D eigenvalue weighted by atomic mass is 10.0. The highest BCUT2D eigenvalue weighted by Crippen LogP contribution is 2.24. The Morgan fingerprint density at radius 2 is 1.11 bits per heavy atom. The third kappa shape index (κ3) is 14.8. The van der Waals surface area contributed by atoms with Crippen molar-refractivity contribution < 1.29 is 26.5 Å². The van der Waals surface area contributed by atoms with Crippen LogP contribution in [0.1, 0.15) is 52.8 Å². The first-order chi connectivity index (χ1) is 30.6. The fourth-order valence-corrected chi connectivity index (χ4v) is 6.55. The maximum atomic E-state index is 8.29. The normalized spacial score (nSPS) is 11.1. The van der Waals surface area contributed by atoms with Crippen molar-refractivity contribution in [3.05, 3.63) is 130 Å². The van der Waals surface area contributed by atoms with Crippen LogP contribution in [0.4, 0.5) is 0 Å². The number of oxime groups is 2. The van der Waals surface area contributed by atoms with E-state index in [1.54, 1.807) is 38.8 Å². The SMILES string of the molecule is CCc1cc(/C(=N/OCCSC)c2ccccc2)cnc1-c1nc2cc(C)ccn2n1.CCc1cc(/C(Br)=N/OCCSC)cnc1-c1nc2cc(C)ccn2n1.O=S=O.O=S=O. The van der Waals surface area contributed by atoms with E-state index in [1.165, 1.54) is 0 Å². The summed E-state index contributed by atoms with van der Waals surface area (Å²) in [5.74, 6) is 3.05. The van der Waals surface area contributed by atoms with Crippen LogP contribution >= 0.6 is 39.5 Å². The van der Waals surface area contributed by atoms with E-state index in [0.717, 1.165) is 91.7 Å². The molecule has 1 aromatic carbocycles. The van der Waals surface area contributed by atoms with Gasteiger partial charge in [-0.1, -0.05) is 54.5 Å². The number of hydrogen-bond donors (Lipinski definition) is 0. The molecule has 0 N–H and O–H groups in total. The van der Waals surface area contributed by atoms with E-state index in [4.69, 9.17) is 31.5 Å². The largest absolute Gasteiger partial charge is 0.394 e. The molecule has 21 heteroatoms. The summed E-state index contributed by atoms with van der Waals surface area (Å²) in [6.45, 7) is 9.42. The molecule has 0 bridgehead atoms. The number of halogens is 1. The second-order valence-electron chi connectivity index (χ2n) is 13.0. The molecule has 6 heterocycles. The Labute approximate surface area is 389 Å². The molecule has 0 aliphatic carbocycles. The van der Waals surface area contributed by atoms with E-state index in [9.17, 15) is 0 Å². The molecular weight excluding hydrogens is 949 g/mol. The Morgan fingerprint density at radius 1 is 0.651 bits per heavy atom. The van der Waals surface area contributed by atoms with Gasteiger partial charge in [-0.3, -0.25) is 9.97 Å². The van der Waals surface area contributed by atoms with E-state index in [-0.39, 0.29) is 0 Å². The van der Waals surface area contributed by atoms with Crippen molar-refractivity contribution in [1.82, 2.24) is 39.2 Å². The molecule has 0 atom stereocenters. The molecule has 7 rings (SSSR count). The molecular formula is C42H45BrN10O6S4. The lowest BCUT2D eigenvalue weighted by Gasteiger charge is -2.10. The standard InChI is InChI=1S/C24H25N5OS.C18H20BrN5OS.2O2S/c1-4-18-15-20(22(28-30-12-13-31-3)19-8-6-5-7-9-19)16-25-23(18)24-26-21-14-17(2)10-11-29(21)27-24;1-4-13-10-14(17(19)23-25-7-8-26-3)11-20-16(13)18-21-15-9-12(2)5-6-24(15)22-18;2*1-3-2/h5-11,14-16H,4,12-13H2,1-3H3;5-6,9-11H,4,7-8H2,1-3H3;;/b28-22+;23-17-;;. The highest BCUT2D eigenvalue weighted by atomic mass is 79.9. The molecule has 0 aliphatic heterocycles. The van der Waals surface area contributed by atoms with Gasteiger partial charge in [0.2, 0.25) is 11.6 Å². The van der Waals surface area contributed by atoms with Crippen LogP contribution in [0, 0.1) is 13.8 Å². The fraction of sp³-hybridized carbons (Fsp3) is 0.286. The molecule has 6 aromatic heterocycles. The summed E-state index contributed by atoms with van der Waals surface area (Å²) in [7, 11) is 0. The van der Waals surface area contributed by atoms with Gasteiger partial charge in [-0.15, -0.1) is 10.2 Å². The van der Waals surface area contributed by atoms with E-state index >= 15 is 0 Å². The predicted octanol–water partition coefficient (Wildman–Crippen LogP) is 7.55. The first-order valence-corrected chi connectivity index (χ1v) is 24.1. The number of rotatable bonds is 15. The zero-order chi connectivity index (χ0) is 45.6. The summed E-state index contributed by atoms with van der Waals surface area (Å²) < 4.78 is 37.4. The van der Waals surface area contributed by atoms with Crippen molar-refractivity contribution in [3.8, 4) is 23.0 Å². The number of pyridine rings is 4. The van der Waals surface area contributed by atoms with Crippen LogP contribution in [0.3, 0.4) is 0 Å². The lowest BCUT2D eigenvalue weighted by molar-refractivity contribution is 0.162. The van der Waals surface area contributed by atoms with E-state index in [2.05, 4.69) is 77.6 Å². The zero-order valence-corrected chi connectivity index (χ0v) is 40.2. The Balaban J connectivity index is 0.000000249. The van der Waals surface area contributed by atoms with Gasteiger partial charge in [-0.2, -0.15) is 40.4 Å².